The number of carbonyl (C=O) groups is 1. The van der Waals surface area contributed by atoms with E-state index < -0.39 is 0 Å². The van der Waals surface area contributed by atoms with Gasteiger partial charge in [-0.05, 0) is 55.2 Å². The molecular weight excluding hydrogens is 314 g/mol. The first-order valence-electron chi connectivity index (χ1n) is 8.68. The summed E-state index contributed by atoms with van der Waals surface area (Å²) in [6.45, 7) is 2.92. The molecule has 1 fully saturated rings. The molecule has 0 bridgehead atoms. The van der Waals surface area contributed by atoms with E-state index in [4.69, 9.17) is 4.74 Å². The van der Waals surface area contributed by atoms with E-state index in [0.29, 0.717) is 6.04 Å². The Morgan fingerprint density at radius 2 is 1.80 bits per heavy atom. The molecule has 3 N–H and O–H groups in total. The third kappa shape index (κ3) is 5.22. The molecule has 2 aromatic rings. The van der Waals surface area contributed by atoms with Crippen LogP contribution in [-0.4, -0.2) is 19.2 Å². The maximum atomic E-state index is 11.7. The molecule has 2 amide bonds. The molecule has 3 rings (SSSR count). The summed E-state index contributed by atoms with van der Waals surface area (Å²) >= 11 is 0. The highest BCUT2D eigenvalue weighted by atomic mass is 16.5. The van der Waals surface area contributed by atoms with Gasteiger partial charge in [0.2, 0.25) is 0 Å². The Kier molecular flexibility index (Phi) is 5.56. The van der Waals surface area contributed by atoms with Gasteiger partial charge in [-0.2, -0.15) is 0 Å². The molecule has 0 aliphatic heterocycles. The number of anilines is 1. The van der Waals surface area contributed by atoms with Crippen LogP contribution in [0.15, 0.2) is 48.5 Å². The average molecular weight is 339 g/mol. The second-order valence-corrected chi connectivity index (χ2v) is 6.45. The highest BCUT2D eigenvalue weighted by molar-refractivity contribution is 5.89. The van der Waals surface area contributed by atoms with Crippen LogP contribution in [0.3, 0.4) is 0 Å². The van der Waals surface area contributed by atoms with E-state index in [0.717, 1.165) is 30.8 Å². The van der Waals surface area contributed by atoms with Crippen LogP contribution >= 0.6 is 0 Å². The normalized spacial score (nSPS) is 14.6. The monoisotopic (exact) mass is 339 g/mol. The number of methoxy groups -OCH3 is 1. The minimum Gasteiger partial charge on any atom is -0.497 e. The van der Waals surface area contributed by atoms with Crippen LogP contribution in [0.25, 0.3) is 0 Å². The summed E-state index contributed by atoms with van der Waals surface area (Å²) in [4.78, 5) is 11.7. The highest BCUT2D eigenvalue weighted by Crippen LogP contribution is 2.20. The van der Waals surface area contributed by atoms with Crippen LogP contribution < -0.4 is 20.7 Å². The van der Waals surface area contributed by atoms with Crippen molar-refractivity contribution in [2.45, 2.75) is 38.4 Å². The van der Waals surface area contributed by atoms with E-state index in [1.54, 1.807) is 7.11 Å². The second-order valence-electron chi connectivity index (χ2n) is 6.45. The molecule has 132 valence electrons. The predicted octanol–water partition coefficient (Wildman–Crippen LogP) is 3.83. The van der Waals surface area contributed by atoms with Gasteiger partial charge in [-0.25, -0.2) is 4.79 Å². The van der Waals surface area contributed by atoms with Gasteiger partial charge in [0.15, 0.2) is 0 Å². The number of urea groups is 1. The van der Waals surface area contributed by atoms with E-state index >= 15 is 0 Å². The lowest BCUT2D eigenvalue weighted by Gasteiger charge is -2.15. The zero-order valence-corrected chi connectivity index (χ0v) is 14.7. The lowest BCUT2D eigenvalue weighted by Crippen LogP contribution is -2.30. The van der Waals surface area contributed by atoms with E-state index in [9.17, 15) is 4.79 Å². The zero-order valence-electron chi connectivity index (χ0n) is 14.7. The highest BCUT2D eigenvalue weighted by Gasteiger charge is 2.23. The zero-order chi connectivity index (χ0) is 17.6. The maximum Gasteiger partial charge on any atom is 0.319 e. The van der Waals surface area contributed by atoms with Crippen molar-refractivity contribution in [1.82, 2.24) is 10.6 Å². The van der Waals surface area contributed by atoms with E-state index in [1.807, 2.05) is 36.4 Å². The lowest BCUT2D eigenvalue weighted by atomic mass is 10.1. The topological polar surface area (TPSA) is 62.4 Å². The number of amides is 2. The van der Waals surface area contributed by atoms with Crippen LogP contribution in [0.5, 0.6) is 5.75 Å². The molecule has 1 aliphatic carbocycles. The first-order chi connectivity index (χ1) is 12.1. The van der Waals surface area contributed by atoms with Gasteiger partial charge in [0.1, 0.15) is 5.75 Å². The molecule has 5 heteroatoms. The van der Waals surface area contributed by atoms with Gasteiger partial charge < -0.3 is 20.7 Å². The summed E-state index contributed by atoms with van der Waals surface area (Å²) < 4.78 is 5.17. The fourth-order valence-electron chi connectivity index (χ4n) is 2.57. The van der Waals surface area contributed by atoms with Crippen molar-refractivity contribution in [3.63, 3.8) is 0 Å². The first-order valence-corrected chi connectivity index (χ1v) is 8.68. The number of carbonyl (C=O) groups excluding carboxylic acids is 1. The fourth-order valence-corrected chi connectivity index (χ4v) is 2.57. The predicted molar refractivity (Wildman–Crippen MR) is 99.9 cm³/mol. The third-order valence-electron chi connectivity index (χ3n) is 4.35. The largest absolute Gasteiger partial charge is 0.497 e. The van der Waals surface area contributed by atoms with Gasteiger partial charge in [-0.15, -0.1) is 0 Å². The molecule has 5 nitrogen and oxygen atoms in total. The summed E-state index contributed by atoms with van der Waals surface area (Å²) in [6, 6.07) is 16.5. The summed E-state index contributed by atoms with van der Waals surface area (Å²) in [7, 11) is 1.67. The van der Waals surface area contributed by atoms with Crippen LogP contribution in [-0.2, 0) is 6.54 Å². The Morgan fingerprint density at radius 3 is 2.40 bits per heavy atom. The fraction of sp³-hybridized carbons (Fsp3) is 0.350. The first kappa shape index (κ1) is 17.3. The molecule has 25 heavy (non-hydrogen) atoms. The number of rotatable bonds is 7. The standard InChI is InChI=1S/C20H25N3O2/c1-14(21-13-15-3-11-19(25-2)12-4-15)16-5-7-17(8-6-16)22-20(24)23-18-9-10-18/h3-8,11-12,14,18,21H,9-10,13H2,1-2H3,(H2,22,23,24). The van der Waals surface area contributed by atoms with Gasteiger partial charge in [-0.3, -0.25) is 0 Å². The molecule has 1 saturated carbocycles. The SMILES string of the molecule is COc1ccc(CNC(C)c2ccc(NC(=O)NC3CC3)cc2)cc1. The summed E-state index contributed by atoms with van der Waals surface area (Å²) in [5.41, 5.74) is 3.20. The Labute approximate surface area is 148 Å². The maximum absolute atomic E-state index is 11.7. The summed E-state index contributed by atoms with van der Waals surface area (Å²) in [5.74, 6) is 0.866. The van der Waals surface area contributed by atoms with Crippen molar-refractivity contribution in [3.05, 3.63) is 59.7 Å². The van der Waals surface area contributed by atoms with Crippen molar-refractivity contribution >= 4 is 11.7 Å². The van der Waals surface area contributed by atoms with Gasteiger partial charge in [-0.1, -0.05) is 24.3 Å². The number of nitrogens with one attached hydrogen (secondary N) is 3. The smallest absolute Gasteiger partial charge is 0.319 e. The molecule has 2 aromatic carbocycles. The van der Waals surface area contributed by atoms with Crippen molar-refractivity contribution in [2.75, 3.05) is 12.4 Å². The quantitative estimate of drug-likeness (QED) is 0.718. The third-order valence-corrected chi connectivity index (χ3v) is 4.35. The summed E-state index contributed by atoms with van der Waals surface area (Å²) in [6.07, 6.45) is 2.17. The minimum absolute atomic E-state index is 0.124. The molecule has 0 radical (unpaired) electrons. The van der Waals surface area contributed by atoms with E-state index in [1.165, 1.54) is 11.1 Å². The lowest BCUT2D eigenvalue weighted by molar-refractivity contribution is 0.251. The van der Waals surface area contributed by atoms with Crippen LogP contribution in [0.4, 0.5) is 10.5 Å². The Hall–Kier alpha value is -2.53. The van der Waals surface area contributed by atoms with Crippen molar-refractivity contribution in [1.29, 1.82) is 0 Å². The van der Waals surface area contributed by atoms with Crippen molar-refractivity contribution in [2.24, 2.45) is 0 Å². The number of benzene rings is 2. The van der Waals surface area contributed by atoms with Gasteiger partial charge >= 0.3 is 6.03 Å². The van der Waals surface area contributed by atoms with Crippen LogP contribution in [0.1, 0.15) is 36.9 Å². The molecule has 0 saturated heterocycles. The minimum atomic E-state index is -0.124. The van der Waals surface area contributed by atoms with Gasteiger partial charge in [0, 0.05) is 24.3 Å². The molecule has 1 atom stereocenters. The molecule has 0 heterocycles. The van der Waals surface area contributed by atoms with Crippen molar-refractivity contribution in [3.8, 4) is 5.75 Å². The van der Waals surface area contributed by atoms with E-state index in [-0.39, 0.29) is 12.1 Å². The number of hydrogen-bond acceptors (Lipinski definition) is 3. The summed E-state index contributed by atoms with van der Waals surface area (Å²) in [5, 5.41) is 9.29. The molecule has 1 unspecified atom stereocenters. The van der Waals surface area contributed by atoms with Gasteiger partial charge in [0.25, 0.3) is 0 Å². The second kappa shape index (κ2) is 8.03. The number of hydrogen-bond donors (Lipinski definition) is 3. The van der Waals surface area contributed by atoms with Crippen LogP contribution in [0, 0.1) is 0 Å². The molecule has 1 aliphatic rings. The van der Waals surface area contributed by atoms with Crippen molar-refractivity contribution < 1.29 is 9.53 Å². The van der Waals surface area contributed by atoms with E-state index in [2.05, 4.69) is 35.0 Å². The Morgan fingerprint density at radius 1 is 1.12 bits per heavy atom. The average Bonchev–Trinajstić information content (AvgIpc) is 3.44. The Bertz CT molecular complexity index is 694. The Balaban J connectivity index is 1.49. The van der Waals surface area contributed by atoms with Crippen LogP contribution in [0.2, 0.25) is 0 Å². The molecular formula is C20H25N3O2. The van der Waals surface area contributed by atoms with Gasteiger partial charge in [0.05, 0.1) is 7.11 Å². The number of ether oxygens (including phenoxy) is 1. The molecule has 0 spiro atoms. The molecule has 0 aromatic heterocycles.